The number of nitrogens with zero attached hydrogens (tertiary/aromatic N) is 3. The summed E-state index contributed by atoms with van der Waals surface area (Å²) in [6.07, 6.45) is 0. The Morgan fingerprint density at radius 1 is 1.22 bits per heavy atom. The number of rotatable bonds is 5. The number of carbonyl (C=O) groups is 1. The molecule has 0 saturated heterocycles. The van der Waals surface area contributed by atoms with Crippen LogP contribution in [0.15, 0.2) is 47.5 Å². The van der Waals surface area contributed by atoms with E-state index in [0.717, 1.165) is 16.7 Å². The predicted octanol–water partition coefficient (Wildman–Crippen LogP) is 4.62. The molecule has 0 spiro atoms. The van der Waals surface area contributed by atoms with Crippen LogP contribution in [-0.4, -0.2) is 26.0 Å². The van der Waals surface area contributed by atoms with E-state index in [1.54, 1.807) is 6.92 Å². The Balaban J connectivity index is 1.78. The van der Waals surface area contributed by atoms with Gasteiger partial charge in [-0.2, -0.15) is 0 Å². The van der Waals surface area contributed by atoms with Gasteiger partial charge in [0.1, 0.15) is 5.03 Å². The number of anilines is 1. The normalized spacial score (nSPS) is 12.0. The van der Waals surface area contributed by atoms with Crippen molar-refractivity contribution in [2.45, 2.75) is 24.1 Å². The number of benzene rings is 2. The van der Waals surface area contributed by atoms with Crippen LogP contribution in [0.3, 0.4) is 0 Å². The Bertz CT molecular complexity index is 1040. The predicted molar refractivity (Wildman–Crippen MR) is 106 cm³/mol. The second-order valence-electron chi connectivity index (χ2n) is 5.77. The zero-order valence-electron chi connectivity index (χ0n) is 14.5. The SMILES string of the molecule is Cc1nc2ccccc2nc1SC(C)C(=O)Nc1cc([N+](=O)[O-])ccc1Cl. The van der Waals surface area contributed by atoms with Gasteiger partial charge in [-0.1, -0.05) is 35.5 Å². The molecule has 27 heavy (non-hydrogen) atoms. The van der Waals surface area contributed by atoms with E-state index < -0.39 is 10.2 Å². The van der Waals surface area contributed by atoms with Gasteiger partial charge in [-0.3, -0.25) is 14.9 Å². The van der Waals surface area contributed by atoms with Gasteiger partial charge in [0.15, 0.2) is 0 Å². The van der Waals surface area contributed by atoms with Gasteiger partial charge >= 0.3 is 0 Å². The number of non-ortho nitro benzene ring substituents is 1. The van der Waals surface area contributed by atoms with Gasteiger partial charge < -0.3 is 5.32 Å². The molecule has 9 heteroatoms. The number of nitro benzene ring substituents is 1. The number of nitro groups is 1. The molecule has 1 N–H and O–H groups in total. The number of amides is 1. The molecule has 2 aromatic carbocycles. The number of para-hydroxylation sites is 2. The summed E-state index contributed by atoms with van der Waals surface area (Å²) in [5, 5.41) is 13.9. The average molecular weight is 403 g/mol. The van der Waals surface area contributed by atoms with Gasteiger partial charge in [0.25, 0.3) is 5.69 Å². The number of halogens is 1. The molecular weight excluding hydrogens is 388 g/mol. The highest BCUT2D eigenvalue weighted by Gasteiger charge is 2.19. The third kappa shape index (κ3) is 4.35. The second kappa shape index (κ2) is 7.89. The smallest absolute Gasteiger partial charge is 0.271 e. The van der Waals surface area contributed by atoms with Crippen LogP contribution in [0.1, 0.15) is 12.6 Å². The molecule has 3 rings (SSSR count). The summed E-state index contributed by atoms with van der Waals surface area (Å²) in [4.78, 5) is 31.9. The van der Waals surface area contributed by atoms with Crippen LogP contribution >= 0.6 is 23.4 Å². The summed E-state index contributed by atoms with van der Waals surface area (Å²) in [6.45, 7) is 3.56. The Morgan fingerprint density at radius 3 is 2.56 bits per heavy atom. The number of hydrogen-bond acceptors (Lipinski definition) is 6. The Hall–Kier alpha value is -2.71. The van der Waals surface area contributed by atoms with E-state index in [2.05, 4.69) is 15.3 Å². The quantitative estimate of drug-likeness (QED) is 0.380. The highest BCUT2D eigenvalue weighted by molar-refractivity contribution is 8.00. The maximum Gasteiger partial charge on any atom is 0.271 e. The third-order valence-electron chi connectivity index (χ3n) is 3.78. The van der Waals surface area contributed by atoms with Crippen molar-refractivity contribution in [1.82, 2.24) is 9.97 Å². The van der Waals surface area contributed by atoms with Crippen LogP contribution < -0.4 is 5.32 Å². The van der Waals surface area contributed by atoms with Crippen LogP contribution in [0.2, 0.25) is 5.02 Å². The molecular formula is C18H15ClN4O3S. The zero-order chi connectivity index (χ0) is 19.6. The molecule has 0 saturated carbocycles. The molecule has 1 amide bonds. The van der Waals surface area contributed by atoms with Crippen molar-refractivity contribution < 1.29 is 9.72 Å². The lowest BCUT2D eigenvalue weighted by Crippen LogP contribution is -2.23. The molecule has 1 heterocycles. The fraction of sp³-hybridized carbons (Fsp3) is 0.167. The van der Waals surface area contributed by atoms with Gasteiger partial charge in [-0.05, 0) is 32.0 Å². The number of thioether (sulfide) groups is 1. The number of aryl methyl sites for hydroxylation is 1. The first-order valence-corrected chi connectivity index (χ1v) is 9.26. The first-order chi connectivity index (χ1) is 12.8. The number of nitrogens with one attached hydrogen (secondary N) is 1. The molecule has 0 bridgehead atoms. The molecule has 3 aromatic rings. The number of aromatic nitrogens is 2. The van der Waals surface area contributed by atoms with Crippen molar-refractivity contribution in [2.24, 2.45) is 0 Å². The lowest BCUT2D eigenvalue weighted by Gasteiger charge is -2.13. The van der Waals surface area contributed by atoms with E-state index in [9.17, 15) is 14.9 Å². The van der Waals surface area contributed by atoms with Crippen molar-refractivity contribution in [1.29, 1.82) is 0 Å². The Kier molecular flexibility index (Phi) is 5.57. The monoisotopic (exact) mass is 402 g/mol. The molecule has 138 valence electrons. The molecule has 1 aromatic heterocycles. The fourth-order valence-electron chi connectivity index (χ4n) is 2.36. The molecule has 0 aliphatic rings. The van der Waals surface area contributed by atoms with Crippen molar-refractivity contribution in [2.75, 3.05) is 5.32 Å². The maximum atomic E-state index is 12.5. The summed E-state index contributed by atoms with van der Waals surface area (Å²) in [6, 6.07) is 11.4. The van der Waals surface area contributed by atoms with Crippen molar-refractivity contribution in [3.8, 4) is 0 Å². The third-order valence-corrected chi connectivity index (χ3v) is 5.28. The first kappa shape index (κ1) is 19.1. The van der Waals surface area contributed by atoms with Gasteiger partial charge in [0.05, 0.1) is 37.6 Å². The molecule has 0 fully saturated rings. The van der Waals surface area contributed by atoms with Crippen molar-refractivity contribution in [3.05, 3.63) is 63.3 Å². The lowest BCUT2D eigenvalue weighted by molar-refractivity contribution is -0.384. The standard InChI is InChI=1S/C18H15ClN4O3S/c1-10-18(22-15-6-4-3-5-14(15)20-10)27-11(2)17(24)21-16-9-12(23(25)26)7-8-13(16)19/h3-9,11H,1-2H3,(H,21,24). The van der Waals surface area contributed by atoms with E-state index in [0.29, 0.717) is 5.03 Å². The van der Waals surface area contributed by atoms with Crippen LogP contribution in [0.4, 0.5) is 11.4 Å². The van der Waals surface area contributed by atoms with Crippen LogP contribution in [0, 0.1) is 17.0 Å². The average Bonchev–Trinajstić information content (AvgIpc) is 2.63. The summed E-state index contributed by atoms with van der Waals surface area (Å²) < 4.78 is 0. The van der Waals surface area contributed by atoms with Gasteiger partial charge in [0, 0.05) is 12.1 Å². The Morgan fingerprint density at radius 2 is 1.89 bits per heavy atom. The highest BCUT2D eigenvalue weighted by atomic mass is 35.5. The molecule has 1 unspecified atom stereocenters. The van der Waals surface area contributed by atoms with Gasteiger partial charge in [-0.15, -0.1) is 0 Å². The Labute approximate surface area is 164 Å². The minimum atomic E-state index is -0.543. The van der Waals surface area contributed by atoms with Crippen molar-refractivity contribution >= 4 is 51.7 Å². The number of fused-ring (bicyclic) bond motifs is 1. The summed E-state index contributed by atoms with van der Waals surface area (Å²) in [5.41, 5.74) is 2.32. The van der Waals surface area contributed by atoms with Crippen LogP contribution in [0.25, 0.3) is 11.0 Å². The molecule has 0 aliphatic heterocycles. The van der Waals surface area contributed by atoms with Crippen LogP contribution in [0.5, 0.6) is 0 Å². The van der Waals surface area contributed by atoms with E-state index in [-0.39, 0.29) is 22.3 Å². The van der Waals surface area contributed by atoms with E-state index in [4.69, 9.17) is 11.6 Å². The molecule has 7 nitrogen and oxygen atoms in total. The maximum absolute atomic E-state index is 12.5. The van der Waals surface area contributed by atoms with Crippen LogP contribution in [-0.2, 0) is 4.79 Å². The zero-order valence-corrected chi connectivity index (χ0v) is 16.0. The van der Waals surface area contributed by atoms with Gasteiger partial charge in [0.2, 0.25) is 5.91 Å². The van der Waals surface area contributed by atoms with E-state index >= 15 is 0 Å². The topological polar surface area (TPSA) is 98.0 Å². The first-order valence-electron chi connectivity index (χ1n) is 8.00. The minimum Gasteiger partial charge on any atom is -0.324 e. The highest BCUT2D eigenvalue weighted by Crippen LogP contribution is 2.29. The summed E-state index contributed by atoms with van der Waals surface area (Å²) in [7, 11) is 0. The van der Waals surface area contributed by atoms with E-state index in [1.807, 2.05) is 31.2 Å². The largest absolute Gasteiger partial charge is 0.324 e. The molecule has 0 radical (unpaired) electrons. The van der Waals surface area contributed by atoms with E-state index in [1.165, 1.54) is 30.0 Å². The number of hydrogen-bond donors (Lipinski definition) is 1. The second-order valence-corrected chi connectivity index (χ2v) is 7.51. The van der Waals surface area contributed by atoms with Crippen molar-refractivity contribution in [3.63, 3.8) is 0 Å². The molecule has 1 atom stereocenters. The minimum absolute atomic E-state index is 0.147. The lowest BCUT2D eigenvalue weighted by atomic mass is 10.2. The summed E-state index contributed by atoms with van der Waals surface area (Å²) >= 11 is 7.30. The van der Waals surface area contributed by atoms with Gasteiger partial charge in [-0.25, -0.2) is 9.97 Å². The molecule has 0 aliphatic carbocycles. The summed E-state index contributed by atoms with van der Waals surface area (Å²) in [5.74, 6) is -0.336. The number of carbonyl (C=O) groups excluding carboxylic acids is 1. The fourth-order valence-corrected chi connectivity index (χ4v) is 3.39.